The van der Waals surface area contributed by atoms with Crippen LogP contribution in [0.1, 0.15) is 0 Å². The van der Waals surface area contributed by atoms with Gasteiger partial charge in [0.05, 0.1) is 10.7 Å². The SMILES string of the molecule is Nc1cc(-c2ccc(Cl)cc2Cl)nn1-c1ccccc1F. The number of benzene rings is 2. The van der Waals surface area contributed by atoms with Gasteiger partial charge in [0.1, 0.15) is 17.3 Å². The number of nitrogens with two attached hydrogens (primary N) is 1. The largest absolute Gasteiger partial charge is 0.384 e. The first-order valence-corrected chi connectivity index (χ1v) is 6.88. The Morgan fingerprint density at radius 2 is 1.81 bits per heavy atom. The van der Waals surface area contributed by atoms with Gasteiger partial charge in [-0.3, -0.25) is 0 Å². The first-order valence-electron chi connectivity index (χ1n) is 6.12. The van der Waals surface area contributed by atoms with Gasteiger partial charge in [-0.25, -0.2) is 9.07 Å². The van der Waals surface area contributed by atoms with Crippen molar-refractivity contribution in [2.45, 2.75) is 0 Å². The molecule has 1 heterocycles. The third-order valence-electron chi connectivity index (χ3n) is 3.02. The summed E-state index contributed by atoms with van der Waals surface area (Å²) in [6.07, 6.45) is 0. The predicted octanol–water partition coefficient (Wildman–Crippen LogP) is 4.57. The average molecular weight is 322 g/mol. The van der Waals surface area contributed by atoms with Crippen molar-refractivity contribution < 1.29 is 4.39 Å². The summed E-state index contributed by atoms with van der Waals surface area (Å²) >= 11 is 12.0. The molecule has 2 N–H and O–H groups in total. The Morgan fingerprint density at radius 1 is 1.05 bits per heavy atom. The van der Waals surface area contributed by atoms with Gasteiger partial charge in [0, 0.05) is 16.7 Å². The summed E-state index contributed by atoms with van der Waals surface area (Å²) < 4.78 is 15.2. The third kappa shape index (κ3) is 2.60. The van der Waals surface area contributed by atoms with Crippen LogP contribution >= 0.6 is 23.2 Å². The maximum absolute atomic E-state index is 13.8. The number of hydrogen-bond acceptors (Lipinski definition) is 2. The number of hydrogen-bond donors (Lipinski definition) is 1. The van der Waals surface area contributed by atoms with Crippen molar-refractivity contribution in [3.8, 4) is 16.9 Å². The molecule has 0 saturated carbocycles. The molecule has 21 heavy (non-hydrogen) atoms. The lowest BCUT2D eigenvalue weighted by atomic mass is 10.1. The molecule has 0 aliphatic heterocycles. The molecule has 0 fully saturated rings. The first-order chi connectivity index (χ1) is 10.1. The minimum absolute atomic E-state index is 0.284. The van der Waals surface area contributed by atoms with Crippen LogP contribution < -0.4 is 5.73 Å². The van der Waals surface area contributed by atoms with E-state index in [1.807, 2.05) is 0 Å². The topological polar surface area (TPSA) is 43.8 Å². The molecule has 3 rings (SSSR count). The molecule has 0 saturated heterocycles. The van der Waals surface area contributed by atoms with Gasteiger partial charge in [-0.2, -0.15) is 5.10 Å². The van der Waals surface area contributed by atoms with E-state index in [2.05, 4.69) is 5.10 Å². The summed E-state index contributed by atoms with van der Waals surface area (Å²) in [5.41, 5.74) is 7.44. The van der Waals surface area contributed by atoms with E-state index < -0.39 is 5.82 Å². The lowest BCUT2D eigenvalue weighted by Crippen LogP contribution is -2.03. The lowest BCUT2D eigenvalue weighted by molar-refractivity contribution is 0.612. The zero-order valence-electron chi connectivity index (χ0n) is 10.7. The first kappa shape index (κ1) is 13.9. The van der Waals surface area contributed by atoms with E-state index in [9.17, 15) is 4.39 Å². The predicted molar refractivity (Wildman–Crippen MR) is 83.4 cm³/mol. The summed E-state index contributed by atoms with van der Waals surface area (Å²) in [6.45, 7) is 0. The van der Waals surface area contributed by atoms with Crippen LogP contribution in [0.2, 0.25) is 10.0 Å². The van der Waals surface area contributed by atoms with Crippen LogP contribution in [0.4, 0.5) is 10.2 Å². The smallest absolute Gasteiger partial charge is 0.148 e. The molecule has 0 unspecified atom stereocenters. The lowest BCUT2D eigenvalue weighted by Gasteiger charge is -2.05. The fourth-order valence-corrected chi connectivity index (χ4v) is 2.55. The molecule has 3 aromatic rings. The van der Waals surface area contributed by atoms with Gasteiger partial charge in [-0.05, 0) is 30.3 Å². The highest BCUT2D eigenvalue weighted by Gasteiger charge is 2.13. The summed E-state index contributed by atoms with van der Waals surface area (Å²) in [5.74, 6) is -0.0813. The number of rotatable bonds is 2. The molecule has 0 bridgehead atoms. The van der Waals surface area contributed by atoms with Gasteiger partial charge >= 0.3 is 0 Å². The van der Waals surface area contributed by atoms with Gasteiger partial charge in [-0.1, -0.05) is 35.3 Å². The zero-order chi connectivity index (χ0) is 15.0. The van der Waals surface area contributed by atoms with E-state index in [0.29, 0.717) is 27.1 Å². The number of halogens is 3. The second-order valence-electron chi connectivity index (χ2n) is 4.44. The molecule has 0 aliphatic rings. The monoisotopic (exact) mass is 321 g/mol. The number of para-hydroxylation sites is 1. The molecule has 0 spiro atoms. The molecular weight excluding hydrogens is 312 g/mol. The van der Waals surface area contributed by atoms with Crippen LogP contribution in [0.5, 0.6) is 0 Å². The van der Waals surface area contributed by atoms with Gasteiger partial charge in [0.25, 0.3) is 0 Å². The fourth-order valence-electron chi connectivity index (χ4n) is 2.04. The highest BCUT2D eigenvalue weighted by Crippen LogP contribution is 2.31. The Hall–Kier alpha value is -2.04. The summed E-state index contributed by atoms with van der Waals surface area (Å²) in [7, 11) is 0. The van der Waals surface area contributed by atoms with Gasteiger partial charge in [-0.15, -0.1) is 0 Å². The van der Waals surface area contributed by atoms with E-state index in [1.54, 1.807) is 42.5 Å². The van der Waals surface area contributed by atoms with Crippen LogP contribution in [0, 0.1) is 5.82 Å². The Labute approximate surface area is 130 Å². The molecule has 0 aliphatic carbocycles. The molecule has 0 atom stereocenters. The third-order valence-corrected chi connectivity index (χ3v) is 3.57. The summed E-state index contributed by atoms with van der Waals surface area (Å²) in [5, 5.41) is 5.32. The highest BCUT2D eigenvalue weighted by molar-refractivity contribution is 6.36. The maximum Gasteiger partial charge on any atom is 0.148 e. The van der Waals surface area contributed by atoms with Crippen molar-refractivity contribution in [1.82, 2.24) is 9.78 Å². The Kier molecular flexibility index (Phi) is 3.57. The van der Waals surface area contributed by atoms with Crippen molar-refractivity contribution in [2.75, 3.05) is 5.73 Å². The molecule has 0 radical (unpaired) electrons. The van der Waals surface area contributed by atoms with E-state index in [-0.39, 0.29) is 5.69 Å². The van der Waals surface area contributed by atoms with Crippen LogP contribution in [-0.4, -0.2) is 9.78 Å². The second kappa shape index (κ2) is 5.39. The van der Waals surface area contributed by atoms with Crippen molar-refractivity contribution in [3.63, 3.8) is 0 Å². The standard InChI is InChI=1S/C15H10Cl2FN3/c16-9-5-6-10(11(17)7-9)13-8-15(19)21(20-13)14-4-2-1-3-12(14)18/h1-8H,19H2. The molecule has 2 aromatic carbocycles. The minimum atomic E-state index is -0.402. The average Bonchev–Trinajstić information content (AvgIpc) is 2.81. The van der Waals surface area contributed by atoms with E-state index in [0.717, 1.165) is 0 Å². The van der Waals surface area contributed by atoms with Crippen LogP contribution in [0.15, 0.2) is 48.5 Å². The number of nitrogen functional groups attached to an aromatic ring is 1. The van der Waals surface area contributed by atoms with Crippen molar-refractivity contribution >= 4 is 29.0 Å². The molecule has 3 nitrogen and oxygen atoms in total. The van der Waals surface area contributed by atoms with E-state index in [1.165, 1.54) is 10.7 Å². The Bertz CT molecular complexity index is 814. The Morgan fingerprint density at radius 3 is 2.52 bits per heavy atom. The van der Waals surface area contributed by atoms with Gasteiger partial charge < -0.3 is 5.73 Å². The summed E-state index contributed by atoms with van der Waals surface area (Å²) in [6, 6.07) is 13.0. The normalized spacial score (nSPS) is 10.8. The van der Waals surface area contributed by atoms with Crippen LogP contribution in [-0.2, 0) is 0 Å². The quantitative estimate of drug-likeness (QED) is 0.751. The van der Waals surface area contributed by atoms with Crippen molar-refractivity contribution in [3.05, 3.63) is 64.4 Å². The van der Waals surface area contributed by atoms with Crippen molar-refractivity contribution in [2.24, 2.45) is 0 Å². The van der Waals surface area contributed by atoms with Crippen molar-refractivity contribution in [1.29, 1.82) is 0 Å². The molecular formula is C15H10Cl2FN3. The van der Waals surface area contributed by atoms with E-state index >= 15 is 0 Å². The molecule has 6 heteroatoms. The molecule has 106 valence electrons. The molecule has 0 amide bonds. The Balaban J connectivity index is 2.12. The van der Waals surface area contributed by atoms with Gasteiger partial charge in [0.15, 0.2) is 0 Å². The van der Waals surface area contributed by atoms with E-state index in [4.69, 9.17) is 28.9 Å². The number of anilines is 1. The summed E-state index contributed by atoms with van der Waals surface area (Å²) in [4.78, 5) is 0. The maximum atomic E-state index is 13.8. The molecule has 1 aromatic heterocycles. The number of aromatic nitrogens is 2. The van der Waals surface area contributed by atoms with Crippen LogP contribution in [0.3, 0.4) is 0 Å². The zero-order valence-corrected chi connectivity index (χ0v) is 12.2. The minimum Gasteiger partial charge on any atom is -0.384 e. The van der Waals surface area contributed by atoms with Crippen LogP contribution in [0.25, 0.3) is 16.9 Å². The second-order valence-corrected chi connectivity index (χ2v) is 5.29. The highest BCUT2D eigenvalue weighted by atomic mass is 35.5. The van der Waals surface area contributed by atoms with Gasteiger partial charge in [0.2, 0.25) is 0 Å². The fraction of sp³-hybridized carbons (Fsp3) is 0. The number of nitrogens with zero attached hydrogens (tertiary/aromatic N) is 2.